The highest BCUT2D eigenvalue weighted by Gasteiger charge is 2.27. The molecule has 0 aromatic heterocycles. The summed E-state index contributed by atoms with van der Waals surface area (Å²) >= 11 is 0. The number of rotatable bonds is 2. The normalized spacial score (nSPS) is 35.8. The average molecular weight is 201 g/mol. The summed E-state index contributed by atoms with van der Waals surface area (Å²) in [6, 6.07) is 0.608. The standard InChI is InChI=1S/C11H20FNO/c12-10-8-14-7-6-11(10)13-9-4-2-1-3-5-9/h9-11,13H,1-8H2. The van der Waals surface area contributed by atoms with Gasteiger partial charge in [0.05, 0.1) is 6.61 Å². The van der Waals surface area contributed by atoms with Crippen LogP contribution in [0.3, 0.4) is 0 Å². The molecular formula is C11H20FNO. The first-order valence-corrected chi connectivity index (χ1v) is 5.84. The smallest absolute Gasteiger partial charge is 0.139 e. The lowest BCUT2D eigenvalue weighted by Crippen LogP contribution is -2.49. The van der Waals surface area contributed by atoms with Gasteiger partial charge in [0.25, 0.3) is 0 Å². The number of halogens is 1. The van der Waals surface area contributed by atoms with Crippen molar-refractivity contribution in [2.24, 2.45) is 0 Å². The predicted octanol–water partition coefficient (Wildman–Crippen LogP) is 2.04. The fourth-order valence-electron chi connectivity index (χ4n) is 2.46. The molecule has 0 amide bonds. The van der Waals surface area contributed by atoms with E-state index in [1.165, 1.54) is 32.1 Å². The van der Waals surface area contributed by atoms with Crippen molar-refractivity contribution in [2.45, 2.75) is 56.8 Å². The van der Waals surface area contributed by atoms with E-state index in [1.807, 2.05) is 0 Å². The maximum atomic E-state index is 13.4. The average Bonchev–Trinajstić information content (AvgIpc) is 2.23. The molecule has 1 saturated carbocycles. The maximum Gasteiger partial charge on any atom is 0.139 e. The van der Waals surface area contributed by atoms with Gasteiger partial charge in [-0.2, -0.15) is 0 Å². The Hall–Kier alpha value is -0.150. The molecule has 1 N–H and O–H groups in total. The van der Waals surface area contributed by atoms with Crippen molar-refractivity contribution < 1.29 is 9.13 Å². The van der Waals surface area contributed by atoms with Gasteiger partial charge in [-0.05, 0) is 19.3 Å². The second-order valence-electron chi connectivity index (χ2n) is 4.49. The van der Waals surface area contributed by atoms with Crippen LogP contribution >= 0.6 is 0 Å². The zero-order valence-corrected chi connectivity index (χ0v) is 8.68. The lowest BCUT2D eigenvalue weighted by atomic mass is 9.94. The van der Waals surface area contributed by atoms with E-state index in [4.69, 9.17) is 4.74 Å². The summed E-state index contributed by atoms with van der Waals surface area (Å²) in [6.45, 7) is 0.995. The first-order chi connectivity index (χ1) is 6.86. The van der Waals surface area contributed by atoms with Crippen LogP contribution in [0.5, 0.6) is 0 Å². The monoisotopic (exact) mass is 201 g/mol. The van der Waals surface area contributed by atoms with Gasteiger partial charge in [0.2, 0.25) is 0 Å². The van der Waals surface area contributed by atoms with E-state index < -0.39 is 6.17 Å². The third-order valence-corrected chi connectivity index (χ3v) is 3.34. The van der Waals surface area contributed by atoms with Crippen LogP contribution in [0.4, 0.5) is 4.39 Å². The Morgan fingerprint density at radius 2 is 1.86 bits per heavy atom. The first kappa shape index (κ1) is 10.4. The molecule has 2 fully saturated rings. The van der Waals surface area contributed by atoms with E-state index in [0.717, 1.165) is 6.42 Å². The van der Waals surface area contributed by atoms with E-state index in [-0.39, 0.29) is 12.6 Å². The van der Waals surface area contributed by atoms with Crippen molar-refractivity contribution in [2.75, 3.05) is 13.2 Å². The maximum absolute atomic E-state index is 13.4. The van der Waals surface area contributed by atoms with E-state index in [9.17, 15) is 4.39 Å². The minimum absolute atomic E-state index is 0.0480. The molecule has 14 heavy (non-hydrogen) atoms. The van der Waals surface area contributed by atoms with Gasteiger partial charge in [-0.3, -0.25) is 0 Å². The largest absolute Gasteiger partial charge is 0.378 e. The third kappa shape index (κ3) is 2.67. The van der Waals surface area contributed by atoms with E-state index in [2.05, 4.69) is 5.32 Å². The van der Waals surface area contributed by atoms with E-state index in [0.29, 0.717) is 12.6 Å². The van der Waals surface area contributed by atoms with E-state index in [1.54, 1.807) is 0 Å². The van der Waals surface area contributed by atoms with Gasteiger partial charge >= 0.3 is 0 Å². The Morgan fingerprint density at radius 3 is 2.57 bits per heavy atom. The van der Waals surface area contributed by atoms with Crippen molar-refractivity contribution in [3.05, 3.63) is 0 Å². The summed E-state index contributed by atoms with van der Waals surface area (Å²) in [5.74, 6) is 0. The van der Waals surface area contributed by atoms with Gasteiger partial charge in [-0.15, -0.1) is 0 Å². The van der Waals surface area contributed by atoms with Gasteiger partial charge in [-0.25, -0.2) is 4.39 Å². The van der Waals surface area contributed by atoms with Gasteiger partial charge < -0.3 is 10.1 Å². The van der Waals surface area contributed by atoms with Crippen LogP contribution in [0.25, 0.3) is 0 Å². The lowest BCUT2D eigenvalue weighted by molar-refractivity contribution is 0.00965. The highest BCUT2D eigenvalue weighted by atomic mass is 19.1. The highest BCUT2D eigenvalue weighted by Crippen LogP contribution is 2.20. The van der Waals surface area contributed by atoms with Gasteiger partial charge in [-0.1, -0.05) is 19.3 Å². The molecule has 2 nitrogen and oxygen atoms in total. The number of hydrogen-bond acceptors (Lipinski definition) is 2. The first-order valence-electron chi connectivity index (χ1n) is 5.84. The SMILES string of the molecule is FC1COCCC1NC1CCCCC1. The van der Waals surface area contributed by atoms with Crippen molar-refractivity contribution in [1.29, 1.82) is 0 Å². The molecule has 2 rings (SSSR count). The summed E-state index contributed by atoms with van der Waals surface area (Å²) in [7, 11) is 0. The second kappa shape index (κ2) is 5.08. The van der Waals surface area contributed by atoms with Crippen molar-refractivity contribution in [1.82, 2.24) is 5.32 Å². The summed E-state index contributed by atoms with van der Waals surface area (Å²) in [5.41, 5.74) is 0. The van der Waals surface area contributed by atoms with Crippen molar-refractivity contribution in [3.8, 4) is 0 Å². The summed E-state index contributed by atoms with van der Waals surface area (Å²) in [4.78, 5) is 0. The number of ether oxygens (including phenoxy) is 1. The van der Waals surface area contributed by atoms with Crippen molar-refractivity contribution >= 4 is 0 Å². The second-order valence-corrected chi connectivity index (χ2v) is 4.49. The van der Waals surface area contributed by atoms with Gasteiger partial charge in [0, 0.05) is 18.7 Å². The molecule has 2 atom stereocenters. The molecule has 0 aromatic rings. The third-order valence-electron chi connectivity index (χ3n) is 3.34. The minimum Gasteiger partial charge on any atom is -0.378 e. The Kier molecular flexibility index (Phi) is 3.76. The molecule has 0 bridgehead atoms. The Balaban J connectivity index is 1.76. The topological polar surface area (TPSA) is 21.3 Å². The van der Waals surface area contributed by atoms with Gasteiger partial charge in [0.1, 0.15) is 6.17 Å². The fourth-order valence-corrected chi connectivity index (χ4v) is 2.46. The van der Waals surface area contributed by atoms with Crippen LogP contribution in [0.1, 0.15) is 38.5 Å². The molecular weight excluding hydrogens is 181 g/mol. The molecule has 1 aliphatic heterocycles. The zero-order valence-electron chi connectivity index (χ0n) is 8.68. The number of nitrogens with one attached hydrogen (secondary N) is 1. The van der Waals surface area contributed by atoms with Crippen LogP contribution in [0.15, 0.2) is 0 Å². The Bertz CT molecular complexity index is 171. The molecule has 1 aliphatic carbocycles. The summed E-state index contributed by atoms with van der Waals surface area (Å²) in [5, 5.41) is 3.45. The van der Waals surface area contributed by atoms with Crippen LogP contribution in [0, 0.1) is 0 Å². The summed E-state index contributed by atoms with van der Waals surface area (Å²) < 4.78 is 18.5. The quantitative estimate of drug-likeness (QED) is 0.738. The molecule has 1 saturated heterocycles. The van der Waals surface area contributed by atoms with Crippen LogP contribution in [-0.2, 0) is 4.74 Å². The highest BCUT2D eigenvalue weighted by molar-refractivity contribution is 4.84. The Morgan fingerprint density at radius 1 is 1.07 bits per heavy atom. The molecule has 3 heteroatoms. The Labute approximate surface area is 85.2 Å². The van der Waals surface area contributed by atoms with Crippen LogP contribution < -0.4 is 5.32 Å². The fraction of sp³-hybridized carbons (Fsp3) is 1.00. The molecule has 0 spiro atoms. The molecule has 2 unspecified atom stereocenters. The minimum atomic E-state index is -0.800. The molecule has 2 aliphatic rings. The number of hydrogen-bond donors (Lipinski definition) is 1. The molecule has 1 heterocycles. The molecule has 82 valence electrons. The van der Waals surface area contributed by atoms with Crippen molar-refractivity contribution in [3.63, 3.8) is 0 Å². The predicted molar refractivity (Wildman–Crippen MR) is 54.1 cm³/mol. The zero-order chi connectivity index (χ0) is 9.80. The van der Waals surface area contributed by atoms with Gasteiger partial charge in [0.15, 0.2) is 0 Å². The van der Waals surface area contributed by atoms with Crippen LogP contribution in [-0.4, -0.2) is 31.5 Å². The summed E-state index contributed by atoms with van der Waals surface area (Å²) in [6.07, 6.45) is 6.44. The lowest BCUT2D eigenvalue weighted by Gasteiger charge is -2.32. The molecule has 0 radical (unpaired) electrons. The van der Waals surface area contributed by atoms with Crippen LogP contribution in [0.2, 0.25) is 0 Å². The molecule has 0 aromatic carbocycles. The number of alkyl halides is 1. The van der Waals surface area contributed by atoms with E-state index >= 15 is 0 Å².